The molecule has 3 aromatic rings. The number of hydrogen-bond acceptors (Lipinski definition) is 4. The number of halogens is 2. The minimum absolute atomic E-state index is 0.0368. The molecule has 0 radical (unpaired) electrons. The van der Waals surface area contributed by atoms with E-state index in [-0.39, 0.29) is 24.3 Å². The third-order valence-corrected chi connectivity index (χ3v) is 6.70. The second kappa shape index (κ2) is 9.95. The molecule has 1 saturated heterocycles. The van der Waals surface area contributed by atoms with E-state index < -0.39 is 0 Å². The number of anilines is 1. The molecule has 1 unspecified atom stereocenters. The zero-order chi connectivity index (χ0) is 23.5. The number of para-hydroxylation sites is 1. The fourth-order valence-electron chi connectivity index (χ4n) is 4.61. The number of carbonyl (C=O) groups excluding carboxylic acids is 1. The van der Waals surface area contributed by atoms with Gasteiger partial charge in [-0.2, -0.15) is 5.10 Å². The van der Waals surface area contributed by atoms with E-state index in [4.69, 9.17) is 16.7 Å². The predicted octanol–water partition coefficient (Wildman–Crippen LogP) is 4.98. The molecule has 2 aliphatic heterocycles. The molecule has 1 amide bonds. The van der Waals surface area contributed by atoms with Gasteiger partial charge in [-0.15, -0.1) is 0 Å². The van der Waals surface area contributed by atoms with E-state index in [0.717, 1.165) is 16.8 Å². The highest BCUT2D eigenvalue weighted by atomic mass is 35.5. The first kappa shape index (κ1) is 22.6. The molecule has 3 aromatic carbocycles. The molecule has 174 valence electrons. The van der Waals surface area contributed by atoms with Crippen LogP contribution in [0.2, 0.25) is 5.02 Å². The first-order chi connectivity index (χ1) is 16.6. The van der Waals surface area contributed by atoms with Crippen molar-refractivity contribution in [2.24, 2.45) is 5.10 Å². The van der Waals surface area contributed by atoms with Gasteiger partial charge in [0, 0.05) is 37.6 Å². The molecule has 5 nitrogen and oxygen atoms in total. The lowest BCUT2D eigenvalue weighted by molar-refractivity contribution is -0.134. The molecule has 2 aliphatic rings. The number of piperazine rings is 1. The van der Waals surface area contributed by atoms with Gasteiger partial charge in [-0.05, 0) is 35.4 Å². The van der Waals surface area contributed by atoms with E-state index in [1.54, 1.807) is 17.1 Å². The van der Waals surface area contributed by atoms with Gasteiger partial charge in [0.25, 0.3) is 5.91 Å². The second-order valence-corrected chi connectivity index (χ2v) is 9.07. The number of benzene rings is 3. The van der Waals surface area contributed by atoms with Crippen molar-refractivity contribution in [1.82, 2.24) is 9.91 Å². The first-order valence-electron chi connectivity index (χ1n) is 11.5. The number of hydrogen-bond donors (Lipinski definition) is 0. The Bertz CT molecular complexity index is 1180. The summed E-state index contributed by atoms with van der Waals surface area (Å²) in [5.74, 6) is -0.247. The van der Waals surface area contributed by atoms with Crippen LogP contribution in [0.5, 0.6) is 0 Å². The van der Waals surface area contributed by atoms with Gasteiger partial charge in [0.2, 0.25) is 0 Å². The quantitative estimate of drug-likeness (QED) is 0.521. The molecule has 1 atom stereocenters. The van der Waals surface area contributed by atoms with E-state index in [0.29, 0.717) is 43.3 Å². The summed E-state index contributed by atoms with van der Waals surface area (Å²) in [5, 5.41) is 7.06. The Morgan fingerprint density at radius 1 is 0.912 bits per heavy atom. The van der Waals surface area contributed by atoms with Gasteiger partial charge in [-0.3, -0.25) is 9.69 Å². The minimum atomic E-state index is -0.210. The fourth-order valence-corrected chi connectivity index (χ4v) is 4.73. The highest BCUT2D eigenvalue weighted by molar-refractivity contribution is 6.30. The average molecular weight is 477 g/mol. The normalized spacial score (nSPS) is 18.8. The Kier molecular flexibility index (Phi) is 6.61. The van der Waals surface area contributed by atoms with Crippen LogP contribution in [-0.2, 0) is 4.79 Å². The Morgan fingerprint density at radius 3 is 2.29 bits per heavy atom. The average Bonchev–Trinajstić information content (AvgIpc) is 3.32. The van der Waals surface area contributed by atoms with Crippen LogP contribution >= 0.6 is 11.6 Å². The predicted molar refractivity (Wildman–Crippen MR) is 134 cm³/mol. The van der Waals surface area contributed by atoms with Crippen molar-refractivity contribution >= 4 is 28.9 Å². The number of rotatable bonds is 5. The third kappa shape index (κ3) is 4.83. The van der Waals surface area contributed by atoms with Gasteiger partial charge in [-0.1, -0.05) is 66.2 Å². The maximum atomic E-state index is 14.2. The zero-order valence-electron chi connectivity index (χ0n) is 18.8. The lowest BCUT2D eigenvalue weighted by atomic mass is 9.98. The molecular weight excluding hydrogens is 451 g/mol. The fraction of sp³-hybridized carbons (Fsp3) is 0.259. The summed E-state index contributed by atoms with van der Waals surface area (Å²) in [4.78, 5) is 17.6. The third-order valence-electron chi connectivity index (χ3n) is 6.45. The summed E-state index contributed by atoms with van der Waals surface area (Å²) in [5.41, 5.74) is 3.55. The molecule has 0 spiro atoms. The van der Waals surface area contributed by atoms with Gasteiger partial charge in [0.1, 0.15) is 5.82 Å². The molecule has 0 aliphatic carbocycles. The van der Waals surface area contributed by atoms with E-state index >= 15 is 0 Å². The van der Waals surface area contributed by atoms with Gasteiger partial charge >= 0.3 is 0 Å². The van der Waals surface area contributed by atoms with Crippen molar-refractivity contribution in [2.75, 3.05) is 37.6 Å². The number of hydrazone groups is 1. The molecular formula is C27H26ClFN4O. The summed E-state index contributed by atoms with van der Waals surface area (Å²) in [6, 6.07) is 24.3. The molecule has 1 fully saturated rings. The molecule has 0 aromatic heterocycles. The van der Waals surface area contributed by atoms with Crippen LogP contribution in [0.25, 0.3) is 0 Å². The standard InChI is InChI=1S/C27H26ClFN4O/c28-22-12-10-21(11-13-22)26-18-24(20-6-2-1-3-7-20)30-33(26)27(34)19-31-14-16-32(17-15-31)25-9-5-4-8-23(25)29/h1-13,26H,14-19H2. The van der Waals surface area contributed by atoms with Crippen LogP contribution in [0.15, 0.2) is 84.0 Å². The molecule has 7 heteroatoms. The summed E-state index contributed by atoms with van der Waals surface area (Å²) < 4.78 is 14.2. The van der Waals surface area contributed by atoms with Crippen molar-refractivity contribution in [3.63, 3.8) is 0 Å². The number of amides is 1. The van der Waals surface area contributed by atoms with Crippen LogP contribution in [0.4, 0.5) is 10.1 Å². The molecule has 34 heavy (non-hydrogen) atoms. The van der Waals surface area contributed by atoms with E-state index in [1.165, 1.54) is 6.07 Å². The Balaban J connectivity index is 1.30. The Morgan fingerprint density at radius 2 is 1.59 bits per heavy atom. The highest BCUT2D eigenvalue weighted by Crippen LogP contribution is 2.33. The van der Waals surface area contributed by atoms with E-state index in [1.807, 2.05) is 65.6 Å². The van der Waals surface area contributed by atoms with E-state index in [2.05, 4.69) is 4.90 Å². The highest BCUT2D eigenvalue weighted by Gasteiger charge is 2.34. The van der Waals surface area contributed by atoms with Gasteiger partial charge < -0.3 is 4.90 Å². The molecule has 2 heterocycles. The SMILES string of the molecule is O=C(CN1CCN(c2ccccc2F)CC1)N1N=C(c2ccccc2)CC1c1ccc(Cl)cc1. The number of nitrogens with zero attached hydrogens (tertiary/aromatic N) is 4. The van der Waals surface area contributed by atoms with Crippen molar-refractivity contribution in [2.45, 2.75) is 12.5 Å². The van der Waals surface area contributed by atoms with Crippen molar-refractivity contribution < 1.29 is 9.18 Å². The number of carbonyl (C=O) groups is 1. The van der Waals surface area contributed by atoms with E-state index in [9.17, 15) is 9.18 Å². The molecule has 0 N–H and O–H groups in total. The zero-order valence-corrected chi connectivity index (χ0v) is 19.5. The topological polar surface area (TPSA) is 39.2 Å². The second-order valence-electron chi connectivity index (χ2n) is 8.64. The summed E-state index contributed by atoms with van der Waals surface area (Å²) >= 11 is 6.09. The minimum Gasteiger partial charge on any atom is -0.367 e. The lowest BCUT2D eigenvalue weighted by Gasteiger charge is -2.36. The Hall–Kier alpha value is -3.22. The lowest BCUT2D eigenvalue weighted by Crippen LogP contribution is -2.49. The molecule has 0 bridgehead atoms. The maximum absolute atomic E-state index is 14.2. The van der Waals surface area contributed by atoms with Gasteiger partial charge in [0.15, 0.2) is 0 Å². The Labute approximate surface area is 204 Å². The van der Waals surface area contributed by atoms with Gasteiger partial charge in [-0.25, -0.2) is 9.40 Å². The molecule has 5 rings (SSSR count). The van der Waals surface area contributed by atoms with Crippen LogP contribution in [0.3, 0.4) is 0 Å². The van der Waals surface area contributed by atoms with Crippen LogP contribution in [0.1, 0.15) is 23.6 Å². The monoisotopic (exact) mass is 476 g/mol. The van der Waals surface area contributed by atoms with Crippen LogP contribution < -0.4 is 4.90 Å². The van der Waals surface area contributed by atoms with Crippen molar-refractivity contribution in [3.05, 3.63) is 101 Å². The first-order valence-corrected chi connectivity index (χ1v) is 11.9. The largest absolute Gasteiger partial charge is 0.367 e. The summed E-state index contributed by atoms with van der Waals surface area (Å²) in [6.07, 6.45) is 0.651. The van der Waals surface area contributed by atoms with Gasteiger partial charge in [0.05, 0.1) is 24.0 Å². The maximum Gasteiger partial charge on any atom is 0.257 e. The van der Waals surface area contributed by atoms with Crippen LogP contribution in [-0.4, -0.2) is 54.3 Å². The smallest absolute Gasteiger partial charge is 0.257 e. The van der Waals surface area contributed by atoms with Crippen molar-refractivity contribution in [3.8, 4) is 0 Å². The van der Waals surface area contributed by atoms with Crippen molar-refractivity contribution in [1.29, 1.82) is 0 Å². The van der Waals surface area contributed by atoms with Crippen LogP contribution in [0, 0.1) is 5.82 Å². The summed E-state index contributed by atoms with van der Waals surface area (Å²) in [6.45, 7) is 3.01. The summed E-state index contributed by atoms with van der Waals surface area (Å²) in [7, 11) is 0. The molecule has 0 saturated carbocycles.